The molecule has 0 unspecified atom stereocenters. The number of piperidine rings is 1. The smallest absolute Gasteiger partial charge is 0.290 e. The molecule has 0 aliphatic carbocycles. The highest BCUT2D eigenvalue weighted by Crippen LogP contribution is 2.26. The molecule has 0 spiro atoms. The summed E-state index contributed by atoms with van der Waals surface area (Å²) in [6.07, 6.45) is 2.53. The highest BCUT2D eigenvalue weighted by atomic mass is 16.3. The number of carbonyl (C=O) groups excluding carboxylic acids is 1. The first kappa shape index (κ1) is 12.9. The Labute approximate surface area is 117 Å². The van der Waals surface area contributed by atoms with Crippen molar-refractivity contribution in [1.29, 1.82) is 0 Å². The van der Waals surface area contributed by atoms with Gasteiger partial charge in [0, 0.05) is 18.7 Å². The van der Waals surface area contributed by atoms with Crippen LogP contribution in [-0.2, 0) is 0 Å². The summed E-state index contributed by atoms with van der Waals surface area (Å²) >= 11 is 0. The van der Waals surface area contributed by atoms with Crippen LogP contribution in [0.3, 0.4) is 0 Å². The number of aliphatic hydroxyl groups is 1. The number of hydrogen-bond acceptors (Lipinski definition) is 3. The van der Waals surface area contributed by atoms with E-state index < -0.39 is 0 Å². The lowest BCUT2D eigenvalue weighted by Gasteiger charge is -2.29. The second-order valence-electron chi connectivity index (χ2n) is 5.05. The molecule has 1 aromatic heterocycles. The van der Waals surface area contributed by atoms with Gasteiger partial charge < -0.3 is 14.4 Å². The van der Waals surface area contributed by atoms with E-state index >= 15 is 0 Å². The molecule has 0 radical (unpaired) electrons. The zero-order valence-corrected chi connectivity index (χ0v) is 11.2. The highest BCUT2D eigenvalue weighted by molar-refractivity contribution is 5.98. The maximum absolute atomic E-state index is 12.5. The number of aliphatic hydroxyl groups excluding tert-OH is 1. The van der Waals surface area contributed by atoms with Crippen LogP contribution in [0.2, 0.25) is 0 Å². The van der Waals surface area contributed by atoms with Crippen molar-refractivity contribution in [2.45, 2.75) is 18.9 Å². The first-order valence-corrected chi connectivity index (χ1v) is 6.86. The van der Waals surface area contributed by atoms with Gasteiger partial charge in [0.2, 0.25) is 0 Å². The molecule has 0 atom stereocenters. The molecule has 1 aromatic carbocycles. The third-order valence-electron chi connectivity index (χ3n) is 3.70. The van der Waals surface area contributed by atoms with Crippen LogP contribution in [0.15, 0.2) is 47.1 Å². The molecule has 1 aliphatic heterocycles. The lowest BCUT2D eigenvalue weighted by atomic mass is 10.0. The summed E-state index contributed by atoms with van der Waals surface area (Å²) in [7, 11) is 0. The zero-order valence-electron chi connectivity index (χ0n) is 11.2. The van der Waals surface area contributed by atoms with Crippen LogP contribution in [0.4, 0.5) is 0 Å². The predicted octanol–water partition coefficient (Wildman–Crippen LogP) is 2.54. The van der Waals surface area contributed by atoms with E-state index in [9.17, 15) is 9.90 Å². The SMILES string of the molecule is O=C(c1occc1-c1ccccc1)N1CCC(O)CC1. The van der Waals surface area contributed by atoms with Crippen LogP contribution in [0.1, 0.15) is 23.4 Å². The van der Waals surface area contributed by atoms with Crippen molar-refractivity contribution in [3.63, 3.8) is 0 Å². The lowest BCUT2D eigenvalue weighted by molar-refractivity contribution is 0.0521. The van der Waals surface area contributed by atoms with Crippen molar-refractivity contribution >= 4 is 5.91 Å². The fourth-order valence-corrected chi connectivity index (χ4v) is 2.53. The summed E-state index contributed by atoms with van der Waals surface area (Å²) in [5.41, 5.74) is 1.79. The molecule has 1 aliphatic rings. The van der Waals surface area contributed by atoms with Crippen LogP contribution in [0.25, 0.3) is 11.1 Å². The standard InChI is InChI=1S/C16H17NO3/c18-13-6-9-17(10-7-13)16(19)15-14(8-11-20-15)12-4-2-1-3-5-12/h1-5,8,11,13,18H,6-7,9-10H2. The Morgan fingerprint density at radius 3 is 2.55 bits per heavy atom. The highest BCUT2D eigenvalue weighted by Gasteiger charge is 2.26. The number of nitrogens with zero attached hydrogens (tertiary/aromatic N) is 1. The summed E-state index contributed by atoms with van der Waals surface area (Å²) in [5, 5.41) is 9.51. The van der Waals surface area contributed by atoms with E-state index in [1.807, 2.05) is 36.4 Å². The summed E-state index contributed by atoms with van der Waals surface area (Å²) in [6, 6.07) is 11.6. The van der Waals surface area contributed by atoms with E-state index in [1.54, 1.807) is 11.2 Å². The third-order valence-corrected chi connectivity index (χ3v) is 3.70. The van der Waals surface area contributed by atoms with Crippen molar-refractivity contribution in [2.24, 2.45) is 0 Å². The quantitative estimate of drug-likeness (QED) is 0.913. The summed E-state index contributed by atoms with van der Waals surface area (Å²) < 4.78 is 5.41. The number of furan rings is 1. The minimum absolute atomic E-state index is 0.0965. The van der Waals surface area contributed by atoms with Crippen molar-refractivity contribution in [1.82, 2.24) is 4.90 Å². The van der Waals surface area contributed by atoms with Crippen LogP contribution < -0.4 is 0 Å². The summed E-state index contributed by atoms with van der Waals surface area (Å²) in [4.78, 5) is 14.3. The second kappa shape index (κ2) is 5.51. The molecular formula is C16H17NO3. The molecule has 0 bridgehead atoms. The Morgan fingerprint density at radius 2 is 1.85 bits per heavy atom. The monoisotopic (exact) mass is 271 g/mol. The normalized spacial score (nSPS) is 16.4. The summed E-state index contributed by atoms with van der Waals surface area (Å²) in [6.45, 7) is 1.16. The van der Waals surface area contributed by atoms with Gasteiger partial charge in [-0.3, -0.25) is 4.79 Å². The van der Waals surface area contributed by atoms with Crippen LogP contribution in [-0.4, -0.2) is 35.1 Å². The Morgan fingerprint density at radius 1 is 1.15 bits per heavy atom. The number of rotatable bonds is 2. The average Bonchev–Trinajstić information content (AvgIpc) is 2.97. The lowest BCUT2D eigenvalue weighted by Crippen LogP contribution is -2.40. The van der Waals surface area contributed by atoms with Gasteiger partial charge in [-0.2, -0.15) is 0 Å². The Hall–Kier alpha value is -2.07. The van der Waals surface area contributed by atoms with E-state index in [0.29, 0.717) is 31.7 Å². The van der Waals surface area contributed by atoms with Crippen LogP contribution in [0.5, 0.6) is 0 Å². The number of carbonyl (C=O) groups is 1. The molecule has 1 saturated heterocycles. The molecule has 104 valence electrons. The first-order valence-electron chi connectivity index (χ1n) is 6.86. The molecule has 2 aromatic rings. The molecule has 20 heavy (non-hydrogen) atoms. The fraction of sp³-hybridized carbons (Fsp3) is 0.312. The van der Waals surface area contributed by atoms with Crippen molar-refractivity contribution in [3.05, 3.63) is 48.4 Å². The summed E-state index contributed by atoms with van der Waals surface area (Å²) in [5.74, 6) is 0.286. The minimum Gasteiger partial charge on any atom is -0.459 e. The number of likely N-dealkylation sites (tertiary alicyclic amines) is 1. The molecular weight excluding hydrogens is 254 g/mol. The van der Waals surface area contributed by atoms with Crippen LogP contribution in [0, 0.1) is 0 Å². The maximum Gasteiger partial charge on any atom is 0.290 e. The number of benzene rings is 1. The van der Waals surface area contributed by atoms with Gasteiger partial charge in [-0.25, -0.2) is 0 Å². The van der Waals surface area contributed by atoms with Crippen LogP contribution >= 0.6 is 0 Å². The van der Waals surface area contributed by atoms with Crippen molar-refractivity contribution < 1.29 is 14.3 Å². The third kappa shape index (κ3) is 2.47. The maximum atomic E-state index is 12.5. The average molecular weight is 271 g/mol. The Balaban J connectivity index is 1.85. The predicted molar refractivity (Wildman–Crippen MR) is 75.3 cm³/mol. The van der Waals surface area contributed by atoms with Gasteiger partial charge in [0.15, 0.2) is 5.76 Å². The Bertz CT molecular complexity index is 583. The first-order chi connectivity index (χ1) is 9.75. The molecule has 1 N–H and O–H groups in total. The minimum atomic E-state index is -0.288. The molecule has 1 amide bonds. The van der Waals surface area contributed by atoms with E-state index in [0.717, 1.165) is 11.1 Å². The largest absolute Gasteiger partial charge is 0.459 e. The van der Waals surface area contributed by atoms with E-state index in [-0.39, 0.29) is 12.0 Å². The van der Waals surface area contributed by atoms with Gasteiger partial charge in [0.25, 0.3) is 5.91 Å². The molecule has 2 heterocycles. The van der Waals surface area contributed by atoms with Gasteiger partial charge in [-0.15, -0.1) is 0 Å². The van der Waals surface area contributed by atoms with Gasteiger partial charge in [0.1, 0.15) is 0 Å². The number of hydrogen-bond donors (Lipinski definition) is 1. The molecule has 4 nitrogen and oxygen atoms in total. The van der Waals surface area contributed by atoms with Crippen molar-refractivity contribution in [3.8, 4) is 11.1 Å². The van der Waals surface area contributed by atoms with Gasteiger partial charge in [0.05, 0.1) is 12.4 Å². The van der Waals surface area contributed by atoms with E-state index in [4.69, 9.17) is 4.42 Å². The molecule has 1 fully saturated rings. The van der Waals surface area contributed by atoms with Gasteiger partial charge >= 0.3 is 0 Å². The Kier molecular flexibility index (Phi) is 3.56. The second-order valence-corrected chi connectivity index (χ2v) is 5.05. The van der Waals surface area contributed by atoms with Gasteiger partial charge in [-0.05, 0) is 24.5 Å². The fourth-order valence-electron chi connectivity index (χ4n) is 2.53. The van der Waals surface area contributed by atoms with E-state index in [2.05, 4.69) is 0 Å². The topological polar surface area (TPSA) is 53.7 Å². The zero-order chi connectivity index (χ0) is 13.9. The van der Waals surface area contributed by atoms with Gasteiger partial charge in [-0.1, -0.05) is 30.3 Å². The molecule has 4 heteroatoms. The molecule has 0 saturated carbocycles. The molecule has 3 rings (SSSR count). The van der Waals surface area contributed by atoms with Crippen molar-refractivity contribution in [2.75, 3.05) is 13.1 Å². The van der Waals surface area contributed by atoms with E-state index in [1.165, 1.54) is 0 Å². The number of amides is 1.